The molecular formula is C12H16N2S2. The van der Waals surface area contributed by atoms with Gasteiger partial charge in [-0.25, -0.2) is 4.98 Å². The van der Waals surface area contributed by atoms with Crippen LogP contribution in [0.2, 0.25) is 0 Å². The molecule has 1 N–H and O–H groups in total. The number of nitrogens with one attached hydrogen (secondary N) is 1. The fourth-order valence-corrected chi connectivity index (χ4v) is 3.16. The van der Waals surface area contributed by atoms with E-state index in [1.54, 1.807) is 11.3 Å². The van der Waals surface area contributed by atoms with Crippen LogP contribution in [0.3, 0.4) is 0 Å². The molecule has 0 fully saturated rings. The molecule has 86 valence electrons. The van der Waals surface area contributed by atoms with Crippen LogP contribution in [0.4, 0.5) is 0 Å². The summed E-state index contributed by atoms with van der Waals surface area (Å²) in [5, 5.41) is 3.54. The highest BCUT2D eigenvalue weighted by atomic mass is 32.1. The van der Waals surface area contributed by atoms with E-state index in [2.05, 4.69) is 43.2 Å². The van der Waals surface area contributed by atoms with Crippen molar-refractivity contribution in [2.45, 2.75) is 33.4 Å². The summed E-state index contributed by atoms with van der Waals surface area (Å²) in [6.45, 7) is 7.33. The number of aryl methyl sites for hydroxylation is 2. The topological polar surface area (TPSA) is 24.9 Å². The van der Waals surface area contributed by atoms with Crippen LogP contribution in [0, 0.1) is 13.8 Å². The second kappa shape index (κ2) is 5.08. The summed E-state index contributed by atoms with van der Waals surface area (Å²) in [5.41, 5.74) is 3.05. The normalized spacial score (nSPS) is 12.9. The highest BCUT2D eigenvalue weighted by Crippen LogP contribution is 2.23. The number of thiophene rings is 1. The Balaban J connectivity index is 1.93. The van der Waals surface area contributed by atoms with Crippen molar-refractivity contribution in [3.8, 4) is 0 Å². The van der Waals surface area contributed by atoms with Crippen molar-refractivity contribution in [3.63, 3.8) is 0 Å². The van der Waals surface area contributed by atoms with Gasteiger partial charge in [0.15, 0.2) is 0 Å². The fourth-order valence-electron chi connectivity index (χ4n) is 1.53. The van der Waals surface area contributed by atoms with E-state index in [0.717, 1.165) is 12.2 Å². The Morgan fingerprint density at radius 2 is 2.19 bits per heavy atom. The third-order valence-electron chi connectivity index (χ3n) is 2.60. The molecule has 2 aromatic heterocycles. The standard InChI is InChI=1S/C12H16N2S2/c1-8-4-5-11(16-8)9(2)13-6-12-10(3)14-7-15-12/h4-5,7,9,13H,6H2,1-3H3. The molecule has 0 aromatic carbocycles. The molecule has 1 atom stereocenters. The predicted octanol–water partition coefficient (Wildman–Crippen LogP) is 3.67. The van der Waals surface area contributed by atoms with Crippen molar-refractivity contribution in [3.05, 3.63) is 38.0 Å². The molecule has 0 spiro atoms. The number of nitrogens with zero attached hydrogens (tertiary/aromatic N) is 1. The number of aromatic nitrogens is 1. The average Bonchev–Trinajstić information content (AvgIpc) is 2.84. The molecule has 0 amide bonds. The zero-order chi connectivity index (χ0) is 11.5. The highest BCUT2D eigenvalue weighted by molar-refractivity contribution is 7.12. The summed E-state index contributed by atoms with van der Waals surface area (Å²) in [6, 6.07) is 4.80. The summed E-state index contributed by atoms with van der Waals surface area (Å²) < 4.78 is 0. The fraction of sp³-hybridized carbons (Fsp3) is 0.417. The van der Waals surface area contributed by atoms with Gasteiger partial charge < -0.3 is 5.32 Å². The molecule has 0 aliphatic rings. The third-order valence-corrected chi connectivity index (χ3v) is 4.72. The SMILES string of the molecule is Cc1ccc(C(C)NCc2scnc2C)s1. The summed E-state index contributed by atoms with van der Waals surface area (Å²) in [7, 11) is 0. The number of hydrogen-bond donors (Lipinski definition) is 1. The van der Waals surface area contributed by atoms with Gasteiger partial charge in [0.1, 0.15) is 0 Å². The smallest absolute Gasteiger partial charge is 0.0798 e. The summed E-state index contributed by atoms with van der Waals surface area (Å²) in [4.78, 5) is 8.36. The van der Waals surface area contributed by atoms with E-state index in [1.165, 1.54) is 14.6 Å². The van der Waals surface area contributed by atoms with Gasteiger partial charge in [-0.15, -0.1) is 22.7 Å². The second-order valence-electron chi connectivity index (χ2n) is 3.91. The van der Waals surface area contributed by atoms with Gasteiger partial charge in [-0.3, -0.25) is 0 Å². The first-order valence-electron chi connectivity index (χ1n) is 5.35. The molecule has 2 heterocycles. The molecular weight excluding hydrogens is 236 g/mol. The molecule has 4 heteroatoms. The number of hydrogen-bond acceptors (Lipinski definition) is 4. The van der Waals surface area contributed by atoms with E-state index in [9.17, 15) is 0 Å². The Labute approximate surface area is 104 Å². The van der Waals surface area contributed by atoms with Crippen LogP contribution in [0.5, 0.6) is 0 Å². The minimum atomic E-state index is 0.417. The summed E-state index contributed by atoms with van der Waals surface area (Å²) >= 11 is 3.58. The Kier molecular flexibility index (Phi) is 3.74. The zero-order valence-electron chi connectivity index (χ0n) is 9.78. The van der Waals surface area contributed by atoms with Crippen molar-refractivity contribution in [1.29, 1.82) is 0 Å². The Hall–Kier alpha value is -0.710. The number of thiazole rings is 1. The maximum atomic E-state index is 4.25. The minimum absolute atomic E-state index is 0.417. The summed E-state index contributed by atoms with van der Waals surface area (Å²) in [6.07, 6.45) is 0. The van der Waals surface area contributed by atoms with Gasteiger partial charge in [-0.2, -0.15) is 0 Å². The van der Waals surface area contributed by atoms with Crippen LogP contribution in [-0.2, 0) is 6.54 Å². The lowest BCUT2D eigenvalue weighted by Gasteiger charge is -2.11. The predicted molar refractivity (Wildman–Crippen MR) is 71.2 cm³/mol. The van der Waals surface area contributed by atoms with Crippen LogP contribution in [0.25, 0.3) is 0 Å². The van der Waals surface area contributed by atoms with Crippen LogP contribution < -0.4 is 5.32 Å². The molecule has 0 aliphatic carbocycles. The van der Waals surface area contributed by atoms with Gasteiger partial charge in [0, 0.05) is 27.2 Å². The lowest BCUT2D eigenvalue weighted by Crippen LogP contribution is -2.16. The molecule has 0 saturated heterocycles. The molecule has 2 aromatic rings. The van der Waals surface area contributed by atoms with E-state index in [4.69, 9.17) is 0 Å². The van der Waals surface area contributed by atoms with Gasteiger partial charge in [0.25, 0.3) is 0 Å². The third kappa shape index (κ3) is 2.70. The Morgan fingerprint density at radius 3 is 2.75 bits per heavy atom. The van der Waals surface area contributed by atoms with Crippen LogP contribution in [0.15, 0.2) is 17.6 Å². The molecule has 1 unspecified atom stereocenters. The van der Waals surface area contributed by atoms with Crippen LogP contribution in [0.1, 0.15) is 33.3 Å². The number of rotatable bonds is 4. The molecule has 0 radical (unpaired) electrons. The highest BCUT2D eigenvalue weighted by Gasteiger charge is 2.08. The first-order valence-corrected chi connectivity index (χ1v) is 7.05. The largest absolute Gasteiger partial charge is 0.304 e. The average molecular weight is 252 g/mol. The van der Waals surface area contributed by atoms with Crippen molar-refractivity contribution in [2.24, 2.45) is 0 Å². The molecule has 16 heavy (non-hydrogen) atoms. The quantitative estimate of drug-likeness (QED) is 0.898. The van der Waals surface area contributed by atoms with Crippen molar-refractivity contribution < 1.29 is 0 Å². The monoisotopic (exact) mass is 252 g/mol. The lowest BCUT2D eigenvalue weighted by atomic mass is 10.2. The van der Waals surface area contributed by atoms with Crippen molar-refractivity contribution in [1.82, 2.24) is 10.3 Å². The van der Waals surface area contributed by atoms with E-state index in [1.807, 2.05) is 16.8 Å². The second-order valence-corrected chi connectivity index (χ2v) is 6.17. The summed E-state index contributed by atoms with van der Waals surface area (Å²) in [5.74, 6) is 0. The van der Waals surface area contributed by atoms with Crippen molar-refractivity contribution in [2.75, 3.05) is 0 Å². The van der Waals surface area contributed by atoms with Crippen LogP contribution >= 0.6 is 22.7 Å². The van der Waals surface area contributed by atoms with E-state index < -0.39 is 0 Å². The van der Waals surface area contributed by atoms with E-state index in [0.29, 0.717) is 6.04 Å². The Morgan fingerprint density at radius 1 is 1.38 bits per heavy atom. The van der Waals surface area contributed by atoms with Gasteiger partial charge in [0.05, 0.1) is 11.2 Å². The lowest BCUT2D eigenvalue weighted by molar-refractivity contribution is 0.585. The molecule has 2 nitrogen and oxygen atoms in total. The van der Waals surface area contributed by atoms with Gasteiger partial charge >= 0.3 is 0 Å². The molecule has 0 saturated carbocycles. The molecule has 0 aliphatic heterocycles. The maximum absolute atomic E-state index is 4.25. The maximum Gasteiger partial charge on any atom is 0.0798 e. The van der Waals surface area contributed by atoms with Gasteiger partial charge in [-0.05, 0) is 32.9 Å². The minimum Gasteiger partial charge on any atom is -0.304 e. The molecule has 2 rings (SSSR count). The zero-order valence-corrected chi connectivity index (χ0v) is 11.4. The van der Waals surface area contributed by atoms with Gasteiger partial charge in [0.2, 0.25) is 0 Å². The van der Waals surface area contributed by atoms with E-state index in [-0.39, 0.29) is 0 Å². The van der Waals surface area contributed by atoms with E-state index >= 15 is 0 Å². The van der Waals surface area contributed by atoms with Crippen molar-refractivity contribution >= 4 is 22.7 Å². The Bertz CT molecular complexity index is 459. The van der Waals surface area contributed by atoms with Crippen LogP contribution in [-0.4, -0.2) is 4.98 Å². The first kappa shape index (κ1) is 11.8. The first-order chi connectivity index (χ1) is 7.66. The molecule has 0 bridgehead atoms. The van der Waals surface area contributed by atoms with Gasteiger partial charge in [-0.1, -0.05) is 0 Å².